The molecule has 0 aromatic carbocycles. The standard InChI is InChI=1S/C6H11NO.H3NO/c8-6-4-2-1-3-5-7-6;1-2/h1-5H2,(H,7,8);2H,1H2. The van der Waals surface area contributed by atoms with Gasteiger partial charge in [0.15, 0.2) is 0 Å². The fourth-order valence-corrected chi connectivity index (χ4v) is 0.904. The summed E-state index contributed by atoms with van der Waals surface area (Å²) in [5, 5.41) is 9.31. The van der Waals surface area contributed by atoms with Gasteiger partial charge in [0, 0.05) is 13.0 Å². The first-order valence-electron chi connectivity index (χ1n) is 3.42. The van der Waals surface area contributed by atoms with Crippen molar-refractivity contribution >= 4 is 5.91 Å². The molecule has 0 saturated carbocycles. The van der Waals surface area contributed by atoms with Gasteiger partial charge < -0.3 is 10.5 Å². The van der Waals surface area contributed by atoms with E-state index in [4.69, 9.17) is 5.21 Å². The Hall–Kier alpha value is -0.610. The number of nitrogens with two attached hydrogens (primary N) is 1. The van der Waals surface area contributed by atoms with Gasteiger partial charge in [-0.2, -0.15) is 0 Å². The van der Waals surface area contributed by atoms with Gasteiger partial charge in [0.25, 0.3) is 0 Å². The lowest BCUT2D eigenvalue weighted by atomic mass is 10.2. The third-order valence-corrected chi connectivity index (χ3v) is 1.40. The number of amides is 1. The number of hydrogen-bond acceptors (Lipinski definition) is 3. The summed E-state index contributed by atoms with van der Waals surface area (Å²) in [4.78, 5) is 10.6. The van der Waals surface area contributed by atoms with Gasteiger partial charge in [-0.1, -0.05) is 6.42 Å². The topological polar surface area (TPSA) is 75.3 Å². The highest BCUT2D eigenvalue weighted by Gasteiger charge is 2.03. The average molecular weight is 146 g/mol. The van der Waals surface area contributed by atoms with Crippen molar-refractivity contribution in [1.82, 2.24) is 5.32 Å². The molecule has 1 aliphatic heterocycles. The molecule has 10 heavy (non-hydrogen) atoms. The number of carbonyl (C=O) groups is 1. The fourth-order valence-electron chi connectivity index (χ4n) is 0.904. The molecule has 0 spiro atoms. The highest BCUT2D eigenvalue weighted by atomic mass is 16.4. The zero-order valence-electron chi connectivity index (χ0n) is 5.97. The van der Waals surface area contributed by atoms with Crippen LogP contribution in [0.15, 0.2) is 0 Å². The maximum atomic E-state index is 10.6. The molecular weight excluding hydrogens is 132 g/mol. The summed E-state index contributed by atoms with van der Waals surface area (Å²) in [6, 6.07) is 0. The third kappa shape index (κ3) is 4.29. The van der Waals surface area contributed by atoms with Crippen LogP contribution in [0.1, 0.15) is 25.7 Å². The van der Waals surface area contributed by atoms with Crippen LogP contribution in [-0.2, 0) is 4.79 Å². The van der Waals surface area contributed by atoms with E-state index in [-0.39, 0.29) is 5.91 Å². The Labute approximate surface area is 60.4 Å². The van der Waals surface area contributed by atoms with E-state index >= 15 is 0 Å². The van der Waals surface area contributed by atoms with Crippen LogP contribution in [0.5, 0.6) is 0 Å². The molecule has 4 N–H and O–H groups in total. The minimum atomic E-state index is 0.225. The first-order valence-corrected chi connectivity index (χ1v) is 3.42. The molecule has 0 radical (unpaired) electrons. The van der Waals surface area contributed by atoms with Crippen molar-refractivity contribution in [3.8, 4) is 0 Å². The lowest BCUT2D eigenvalue weighted by Crippen LogP contribution is -2.21. The molecule has 1 saturated heterocycles. The second kappa shape index (κ2) is 6.51. The van der Waals surface area contributed by atoms with Crippen LogP contribution in [0.25, 0.3) is 0 Å². The van der Waals surface area contributed by atoms with Crippen molar-refractivity contribution in [2.75, 3.05) is 6.54 Å². The molecule has 4 heteroatoms. The Kier molecular flexibility index (Phi) is 6.11. The summed E-state index contributed by atoms with van der Waals surface area (Å²) in [6.07, 6.45) is 4.18. The molecule has 60 valence electrons. The molecule has 4 nitrogen and oxygen atoms in total. The van der Waals surface area contributed by atoms with Gasteiger partial charge >= 0.3 is 0 Å². The summed E-state index contributed by atoms with van der Waals surface area (Å²) in [5.41, 5.74) is 0. The van der Waals surface area contributed by atoms with Crippen LogP contribution in [0.4, 0.5) is 0 Å². The largest absolute Gasteiger partial charge is 0.356 e. The zero-order chi connectivity index (χ0) is 7.82. The van der Waals surface area contributed by atoms with Crippen LogP contribution < -0.4 is 11.2 Å². The summed E-state index contributed by atoms with van der Waals surface area (Å²) in [7, 11) is 0. The SMILES string of the molecule is NO.O=C1CCCCCN1. The van der Waals surface area contributed by atoms with Gasteiger partial charge in [-0.05, 0) is 12.8 Å². The van der Waals surface area contributed by atoms with Gasteiger partial charge in [-0.25, -0.2) is 5.90 Å². The summed E-state index contributed by atoms with van der Waals surface area (Å²) >= 11 is 0. The predicted octanol–water partition coefficient (Wildman–Crippen LogP) is 0.0109. The molecule has 1 aliphatic rings. The Bertz CT molecular complexity index is 85.7. The van der Waals surface area contributed by atoms with E-state index < -0.39 is 0 Å². The van der Waals surface area contributed by atoms with E-state index in [1.807, 2.05) is 0 Å². The maximum Gasteiger partial charge on any atom is 0.219 e. The van der Waals surface area contributed by atoms with Gasteiger partial charge in [0.1, 0.15) is 0 Å². The van der Waals surface area contributed by atoms with Gasteiger partial charge in [0.2, 0.25) is 5.91 Å². The molecule has 0 unspecified atom stereocenters. The molecule has 0 aromatic heterocycles. The van der Waals surface area contributed by atoms with Crippen LogP contribution in [0.3, 0.4) is 0 Å². The summed E-state index contributed by atoms with van der Waals surface area (Å²) in [5.74, 6) is 3.72. The van der Waals surface area contributed by atoms with Crippen molar-refractivity contribution < 1.29 is 10.0 Å². The van der Waals surface area contributed by atoms with Gasteiger partial charge in [-0.15, -0.1) is 0 Å². The smallest absolute Gasteiger partial charge is 0.219 e. The van der Waals surface area contributed by atoms with E-state index in [0.717, 1.165) is 25.8 Å². The van der Waals surface area contributed by atoms with Crippen molar-refractivity contribution in [2.45, 2.75) is 25.7 Å². The molecule has 0 bridgehead atoms. The maximum absolute atomic E-state index is 10.6. The van der Waals surface area contributed by atoms with E-state index in [0.29, 0.717) is 0 Å². The first-order chi connectivity index (χ1) is 4.89. The van der Waals surface area contributed by atoms with Crippen LogP contribution >= 0.6 is 0 Å². The summed E-state index contributed by atoms with van der Waals surface area (Å²) < 4.78 is 0. The average Bonchev–Trinajstić information content (AvgIpc) is 2.21. The quantitative estimate of drug-likeness (QED) is 0.421. The second-order valence-electron chi connectivity index (χ2n) is 2.16. The lowest BCUT2D eigenvalue weighted by Gasteiger charge is -1.93. The Morgan fingerprint density at radius 2 is 2.00 bits per heavy atom. The van der Waals surface area contributed by atoms with Crippen LogP contribution in [0.2, 0.25) is 0 Å². The number of rotatable bonds is 0. The highest BCUT2D eigenvalue weighted by molar-refractivity contribution is 5.75. The minimum Gasteiger partial charge on any atom is -0.356 e. The Balaban J connectivity index is 0.000000371. The normalized spacial score (nSPS) is 18.0. The van der Waals surface area contributed by atoms with Crippen LogP contribution in [-0.4, -0.2) is 17.7 Å². The van der Waals surface area contributed by atoms with Gasteiger partial charge in [-0.3, -0.25) is 4.79 Å². The Morgan fingerprint density at radius 3 is 2.70 bits per heavy atom. The second-order valence-corrected chi connectivity index (χ2v) is 2.16. The highest BCUT2D eigenvalue weighted by Crippen LogP contribution is 2.02. The minimum absolute atomic E-state index is 0.225. The molecule has 0 aromatic rings. The number of carbonyl (C=O) groups excluding carboxylic acids is 1. The van der Waals surface area contributed by atoms with E-state index in [2.05, 4.69) is 11.2 Å². The van der Waals surface area contributed by atoms with E-state index in [1.54, 1.807) is 0 Å². The third-order valence-electron chi connectivity index (χ3n) is 1.40. The molecule has 1 rings (SSSR count). The summed E-state index contributed by atoms with van der Waals surface area (Å²) in [6.45, 7) is 0.888. The molecule has 0 atom stereocenters. The molecule has 1 amide bonds. The van der Waals surface area contributed by atoms with Crippen LogP contribution in [0, 0.1) is 0 Å². The number of hydrogen-bond donors (Lipinski definition) is 3. The first kappa shape index (κ1) is 9.39. The van der Waals surface area contributed by atoms with Crippen molar-refractivity contribution in [2.24, 2.45) is 5.90 Å². The molecule has 0 aliphatic carbocycles. The van der Waals surface area contributed by atoms with Crippen molar-refractivity contribution in [3.05, 3.63) is 0 Å². The molecule has 1 fully saturated rings. The predicted molar refractivity (Wildman–Crippen MR) is 37.5 cm³/mol. The van der Waals surface area contributed by atoms with E-state index in [9.17, 15) is 4.79 Å². The lowest BCUT2D eigenvalue weighted by molar-refractivity contribution is -0.120. The van der Waals surface area contributed by atoms with Crippen molar-refractivity contribution in [3.63, 3.8) is 0 Å². The zero-order valence-corrected chi connectivity index (χ0v) is 5.97. The molecular formula is C6H14N2O2. The Morgan fingerprint density at radius 1 is 1.30 bits per heavy atom. The number of nitrogens with one attached hydrogen (secondary N) is 1. The monoisotopic (exact) mass is 146 g/mol. The van der Waals surface area contributed by atoms with Gasteiger partial charge in [0.05, 0.1) is 0 Å². The van der Waals surface area contributed by atoms with Crippen molar-refractivity contribution in [1.29, 1.82) is 0 Å². The molecule has 1 heterocycles. The van der Waals surface area contributed by atoms with E-state index in [1.165, 1.54) is 6.42 Å². The fraction of sp³-hybridized carbons (Fsp3) is 0.833.